The molecule has 0 atom stereocenters. The third-order valence-electron chi connectivity index (χ3n) is 1.13. The van der Waals surface area contributed by atoms with Crippen LogP contribution in [0.25, 0.3) is 0 Å². The van der Waals surface area contributed by atoms with E-state index in [9.17, 15) is 4.79 Å². The second kappa shape index (κ2) is 3.82. The van der Waals surface area contributed by atoms with E-state index in [1.54, 1.807) is 6.20 Å². The van der Waals surface area contributed by atoms with Crippen molar-refractivity contribution in [3.8, 4) is 0 Å². The number of methoxy groups -OCH3 is 1. The first kappa shape index (κ1) is 8.67. The van der Waals surface area contributed by atoms with Crippen molar-refractivity contribution in [2.24, 2.45) is 0 Å². The lowest BCUT2D eigenvalue weighted by molar-refractivity contribution is -0.139. The highest BCUT2D eigenvalue weighted by Crippen LogP contribution is 2.20. The Morgan fingerprint density at radius 1 is 1.91 bits per heavy atom. The van der Waals surface area contributed by atoms with Gasteiger partial charge in [0.25, 0.3) is 0 Å². The molecule has 1 aromatic rings. The lowest BCUT2D eigenvalue weighted by Crippen LogP contribution is -2.02. The molecule has 1 rings (SSSR count). The van der Waals surface area contributed by atoms with Gasteiger partial charge in [-0.1, -0.05) is 0 Å². The predicted octanol–water partition coefficient (Wildman–Crippen LogP) is 1.62. The van der Waals surface area contributed by atoms with Crippen LogP contribution in [-0.2, 0) is 16.0 Å². The SMILES string of the molecule is COC(=O)Cc1sncc1Br. The molecule has 3 nitrogen and oxygen atoms in total. The molecule has 5 heteroatoms. The second-order valence-corrected chi connectivity index (χ2v) is 3.59. The average molecular weight is 236 g/mol. The molecule has 0 aliphatic carbocycles. The predicted molar refractivity (Wildman–Crippen MR) is 45.5 cm³/mol. The Hall–Kier alpha value is -0.420. The summed E-state index contributed by atoms with van der Waals surface area (Å²) in [4.78, 5) is 11.7. The molecule has 0 unspecified atom stereocenters. The number of carbonyl (C=O) groups is 1. The molecule has 0 radical (unpaired) electrons. The standard InChI is InChI=1S/C6H6BrNO2S/c1-10-6(9)2-5-4(7)3-8-11-5/h3H,2H2,1H3. The number of rotatable bonds is 2. The molecule has 0 bridgehead atoms. The van der Waals surface area contributed by atoms with Crippen molar-refractivity contribution in [3.05, 3.63) is 15.5 Å². The van der Waals surface area contributed by atoms with E-state index >= 15 is 0 Å². The fraction of sp³-hybridized carbons (Fsp3) is 0.333. The summed E-state index contributed by atoms with van der Waals surface area (Å²) < 4.78 is 9.26. The van der Waals surface area contributed by atoms with Gasteiger partial charge in [-0.2, -0.15) is 4.37 Å². The fourth-order valence-electron chi connectivity index (χ4n) is 0.572. The molecule has 0 aliphatic rings. The maximum Gasteiger partial charge on any atom is 0.310 e. The van der Waals surface area contributed by atoms with Gasteiger partial charge in [0.1, 0.15) is 0 Å². The van der Waals surface area contributed by atoms with Crippen LogP contribution in [0, 0.1) is 0 Å². The highest BCUT2D eigenvalue weighted by atomic mass is 79.9. The first-order valence-corrected chi connectivity index (χ1v) is 4.46. The Bertz CT molecular complexity index is 261. The topological polar surface area (TPSA) is 39.2 Å². The number of ether oxygens (including phenoxy) is 1. The molecule has 0 saturated heterocycles. The quantitative estimate of drug-likeness (QED) is 0.732. The Balaban J connectivity index is 2.64. The smallest absolute Gasteiger partial charge is 0.310 e. The van der Waals surface area contributed by atoms with Crippen molar-refractivity contribution < 1.29 is 9.53 Å². The summed E-state index contributed by atoms with van der Waals surface area (Å²) in [6, 6.07) is 0. The minimum Gasteiger partial charge on any atom is -0.469 e. The first-order valence-electron chi connectivity index (χ1n) is 2.90. The van der Waals surface area contributed by atoms with Gasteiger partial charge in [0.2, 0.25) is 0 Å². The van der Waals surface area contributed by atoms with Crippen molar-refractivity contribution in [2.45, 2.75) is 6.42 Å². The van der Waals surface area contributed by atoms with Crippen LogP contribution in [0.15, 0.2) is 10.7 Å². The highest BCUT2D eigenvalue weighted by Gasteiger charge is 2.08. The van der Waals surface area contributed by atoms with E-state index < -0.39 is 0 Å². The maximum atomic E-state index is 10.8. The normalized spacial score (nSPS) is 9.64. The number of carbonyl (C=O) groups excluding carboxylic acids is 1. The summed E-state index contributed by atoms with van der Waals surface area (Å²) in [7, 11) is 1.37. The molecule has 0 aromatic carbocycles. The molecular weight excluding hydrogens is 230 g/mol. The van der Waals surface area contributed by atoms with Gasteiger partial charge in [-0.25, -0.2) is 0 Å². The molecular formula is C6H6BrNO2S. The number of hydrogen-bond acceptors (Lipinski definition) is 4. The van der Waals surface area contributed by atoms with Gasteiger partial charge >= 0.3 is 5.97 Å². The molecule has 0 spiro atoms. The lowest BCUT2D eigenvalue weighted by atomic mass is 10.4. The Morgan fingerprint density at radius 2 is 2.64 bits per heavy atom. The van der Waals surface area contributed by atoms with Crippen molar-refractivity contribution in [1.29, 1.82) is 0 Å². The minimum absolute atomic E-state index is 0.241. The van der Waals surface area contributed by atoms with E-state index in [4.69, 9.17) is 0 Å². The molecule has 1 heterocycles. The summed E-state index contributed by atoms with van der Waals surface area (Å²) in [6.45, 7) is 0. The molecule has 0 N–H and O–H groups in total. The summed E-state index contributed by atoms with van der Waals surface area (Å²) in [5, 5.41) is 0. The van der Waals surface area contributed by atoms with Crippen LogP contribution in [0.3, 0.4) is 0 Å². The van der Waals surface area contributed by atoms with E-state index in [0.717, 1.165) is 9.35 Å². The van der Waals surface area contributed by atoms with Crippen LogP contribution < -0.4 is 0 Å². The molecule has 0 aliphatic heterocycles. The van der Waals surface area contributed by atoms with Crippen LogP contribution in [0.1, 0.15) is 4.88 Å². The molecule has 60 valence electrons. The number of hydrogen-bond donors (Lipinski definition) is 0. The molecule has 0 saturated carbocycles. The van der Waals surface area contributed by atoms with Crippen molar-refractivity contribution in [2.75, 3.05) is 7.11 Å². The monoisotopic (exact) mass is 235 g/mol. The van der Waals surface area contributed by atoms with Gasteiger partial charge < -0.3 is 4.74 Å². The summed E-state index contributed by atoms with van der Waals surface area (Å²) in [5.74, 6) is -0.241. The molecule has 1 aromatic heterocycles. The van der Waals surface area contributed by atoms with Crippen molar-refractivity contribution in [3.63, 3.8) is 0 Å². The Kier molecular flexibility index (Phi) is 3.02. The third-order valence-corrected chi connectivity index (χ3v) is 2.87. The number of esters is 1. The third kappa shape index (κ3) is 2.27. The minimum atomic E-state index is -0.241. The van der Waals surface area contributed by atoms with Crippen LogP contribution in [0.4, 0.5) is 0 Å². The van der Waals surface area contributed by atoms with Gasteiger partial charge in [0.15, 0.2) is 0 Å². The molecule has 11 heavy (non-hydrogen) atoms. The first-order chi connectivity index (χ1) is 5.24. The van der Waals surface area contributed by atoms with E-state index in [2.05, 4.69) is 25.0 Å². The average Bonchev–Trinajstić information content (AvgIpc) is 2.37. The number of nitrogens with zero attached hydrogens (tertiary/aromatic N) is 1. The van der Waals surface area contributed by atoms with E-state index in [1.165, 1.54) is 18.6 Å². The van der Waals surface area contributed by atoms with Crippen LogP contribution in [-0.4, -0.2) is 17.5 Å². The fourth-order valence-corrected chi connectivity index (χ4v) is 1.77. The van der Waals surface area contributed by atoms with E-state index in [1.807, 2.05) is 0 Å². The highest BCUT2D eigenvalue weighted by molar-refractivity contribution is 9.10. The largest absolute Gasteiger partial charge is 0.469 e. The van der Waals surface area contributed by atoms with Gasteiger partial charge in [-0.05, 0) is 27.5 Å². The second-order valence-electron chi connectivity index (χ2n) is 1.85. The van der Waals surface area contributed by atoms with Crippen LogP contribution in [0.5, 0.6) is 0 Å². The summed E-state index contributed by atoms with van der Waals surface area (Å²) >= 11 is 4.56. The van der Waals surface area contributed by atoms with Gasteiger partial charge in [0, 0.05) is 0 Å². The van der Waals surface area contributed by atoms with E-state index in [0.29, 0.717) is 6.42 Å². The molecule has 0 amide bonds. The number of aromatic nitrogens is 1. The Labute approximate surface area is 76.7 Å². The van der Waals surface area contributed by atoms with Gasteiger partial charge in [-0.3, -0.25) is 4.79 Å². The zero-order chi connectivity index (χ0) is 8.27. The maximum absolute atomic E-state index is 10.8. The molecule has 0 fully saturated rings. The van der Waals surface area contributed by atoms with Gasteiger partial charge in [0.05, 0.1) is 29.1 Å². The van der Waals surface area contributed by atoms with E-state index in [-0.39, 0.29) is 5.97 Å². The zero-order valence-corrected chi connectivity index (χ0v) is 8.24. The van der Waals surface area contributed by atoms with Crippen molar-refractivity contribution >= 4 is 33.4 Å². The van der Waals surface area contributed by atoms with Crippen LogP contribution in [0.2, 0.25) is 0 Å². The summed E-state index contributed by atoms with van der Waals surface area (Å²) in [6.07, 6.45) is 1.96. The zero-order valence-electron chi connectivity index (χ0n) is 5.83. The number of halogens is 1. The van der Waals surface area contributed by atoms with Crippen molar-refractivity contribution in [1.82, 2.24) is 4.37 Å². The summed E-state index contributed by atoms with van der Waals surface area (Å²) in [5.41, 5.74) is 0. The van der Waals surface area contributed by atoms with Crippen LogP contribution >= 0.6 is 27.5 Å². The Morgan fingerprint density at radius 3 is 3.09 bits per heavy atom. The lowest BCUT2D eigenvalue weighted by Gasteiger charge is -1.94. The van der Waals surface area contributed by atoms with Gasteiger partial charge in [-0.15, -0.1) is 0 Å².